The van der Waals surface area contributed by atoms with Gasteiger partial charge in [-0.05, 0) is 61.0 Å². The van der Waals surface area contributed by atoms with E-state index in [2.05, 4.69) is 11.7 Å². The largest absolute Gasteiger partial charge is 0.500 e. The summed E-state index contributed by atoms with van der Waals surface area (Å²) >= 11 is 0. The number of rotatable bonds is 13. The fourth-order valence-electron chi connectivity index (χ4n) is 3.92. The van der Waals surface area contributed by atoms with Crippen LogP contribution in [0.5, 0.6) is 0 Å². The van der Waals surface area contributed by atoms with Crippen LogP contribution in [0.3, 0.4) is 0 Å². The molecule has 0 radical (unpaired) electrons. The third-order valence-electron chi connectivity index (χ3n) is 5.99. The van der Waals surface area contributed by atoms with Crippen molar-refractivity contribution in [3.63, 3.8) is 0 Å². The van der Waals surface area contributed by atoms with E-state index in [0.717, 1.165) is 33.5 Å². The van der Waals surface area contributed by atoms with E-state index in [0.29, 0.717) is 19.4 Å². The molecule has 1 unspecified atom stereocenters. The van der Waals surface area contributed by atoms with Gasteiger partial charge in [-0.3, -0.25) is 14.6 Å². The predicted molar refractivity (Wildman–Crippen MR) is 150 cm³/mol. The molecule has 0 saturated heterocycles. The summed E-state index contributed by atoms with van der Waals surface area (Å²) < 4.78 is 13.5. The Labute approximate surface area is 218 Å². The molecule has 192 valence electrons. The zero-order chi connectivity index (χ0) is 26.6. The Morgan fingerprint density at radius 3 is 2.70 bits per heavy atom. The van der Waals surface area contributed by atoms with Crippen LogP contribution in [-0.2, 0) is 26.1 Å². The lowest BCUT2D eigenvalue weighted by atomic mass is 10.0. The molecule has 0 amide bonds. The monoisotopic (exact) mass is 498 g/mol. The molecule has 0 saturated carbocycles. The molecule has 6 nitrogen and oxygen atoms in total. The minimum Gasteiger partial charge on any atom is -0.500 e. The number of hydrogen-bond acceptors (Lipinski definition) is 5. The Morgan fingerprint density at radius 2 is 1.97 bits per heavy atom. The highest BCUT2D eigenvalue weighted by Gasteiger charge is 2.17. The standard InChI is InChI=1S/C31H34N2O4/c1-5-6-7-26(32-2)17-19-37-29-15-12-25(31(22-29)36-4)11-14-28(35)21-27(34)13-9-23-8-10-24-16-18-33(3)30(24)20-23/h5-16,18,20,29H,2,17,19,21-22H2,1,3-4H3/b6-5-,13-9+,14-11+,26-7-. The summed E-state index contributed by atoms with van der Waals surface area (Å²) in [7, 11) is 3.58. The summed E-state index contributed by atoms with van der Waals surface area (Å²) in [5.41, 5.74) is 3.65. The molecule has 0 fully saturated rings. The van der Waals surface area contributed by atoms with E-state index in [4.69, 9.17) is 9.47 Å². The van der Waals surface area contributed by atoms with Crippen LogP contribution in [0.1, 0.15) is 31.7 Å². The number of ketones is 2. The van der Waals surface area contributed by atoms with Crippen molar-refractivity contribution in [2.24, 2.45) is 12.0 Å². The van der Waals surface area contributed by atoms with Gasteiger partial charge in [0, 0.05) is 42.9 Å². The van der Waals surface area contributed by atoms with Crippen molar-refractivity contribution in [3.05, 3.63) is 102 Å². The number of allylic oxidation sites excluding steroid dienone is 8. The molecule has 6 heteroatoms. The number of aryl methyl sites for hydroxylation is 1. The van der Waals surface area contributed by atoms with Crippen molar-refractivity contribution in [2.75, 3.05) is 13.7 Å². The third kappa shape index (κ3) is 8.26. The number of hydrogen-bond donors (Lipinski definition) is 0. The number of ether oxygens (including phenoxy) is 2. The molecule has 0 bridgehead atoms. The van der Waals surface area contributed by atoms with Crippen LogP contribution in [0.2, 0.25) is 0 Å². The molecular formula is C31H34N2O4. The number of fused-ring (bicyclic) bond motifs is 1. The first kappa shape index (κ1) is 27.6. The maximum Gasteiger partial charge on any atom is 0.163 e. The molecular weight excluding hydrogens is 464 g/mol. The highest BCUT2D eigenvalue weighted by molar-refractivity contribution is 6.10. The molecule has 0 spiro atoms. The minimum absolute atomic E-state index is 0.128. The summed E-state index contributed by atoms with van der Waals surface area (Å²) in [6, 6.07) is 8.02. The van der Waals surface area contributed by atoms with Crippen molar-refractivity contribution >= 4 is 35.3 Å². The number of carbonyl (C=O) groups excluding carboxylic acids is 2. The van der Waals surface area contributed by atoms with E-state index in [9.17, 15) is 9.59 Å². The lowest BCUT2D eigenvalue weighted by molar-refractivity contribution is -0.121. The van der Waals surface area contributed by atoms with Gasteiger partial charge in [-0.2, -0.15) is 0 Å². The minimum atomic E-state index is -0.264. The summed E-state index contributed by atoms with van der Waals surface area (Å²) in [6.45, 7) is 6.04. The summed E-state index contributed by atoms with van der Waals surface area (Å²) in [5.74, 6) is 0.220. The van der Waals surface area contributed by atoms with Crippen molar-refractivity contribution in [1.82, 2.24) is 4.57 Å². The number of nitrogens with zero attached hydrogens (tertiary/aromatic N) is 2. The second kappa shape index (κ2) is 13.9. The second-order valence-electron chi connectivity index (χ2n) is 8.67. The van der Waals surface area contributed by atoms with Crippen molar-refractivity contribution in [1.29, 1.82) is 0 Å². The van der Waals surface area contributed by atoms with Gasteiger partial charge in [-0.1, -0.05) is 42.5 Å². The number of aromatic nitrogens is 1. The first-order valence-electron chi connectivity index (χ1n) is 12.3. The van der Waals surface area contributed by atoms with Gasteiger partial charge >= 0.3 is 0 Å². The van der Waals surface area contributed by atoms with Gasteiger partial charge in [0.05, 0.1) is 26.2 Å². The smallest absolute Gasteiger partial charge is 0.163 e. The van der Waals surface area contributed by atoms with E-state index < -0.39 is 0 Å². The number of benzene rings is 1. The molecule has 1 heterocycles. The molecule has 1 aliphatic rings. The van der Waals surface area contributed by atoms with E-state index in [1.807, 2.05) is 79.4 Å². The molecule has 1 aliphatic carbocycles. The number of aliphatic imine (C=N–C) groups is 1. The fourth-order valence-corrected chi connectivity index (χ4v) is 3.92. The van der Waals surface area contributed by atoms with Gasteiger partial charge in [-0.15, -0.1) is 0 Å². The van der Waals surface area contributed by atoms with Crippen LogP contribution in [0.15, 0.2) is 101 Å². The zero-order valence-corrected chi connectivity index (χ0v) is 21.7. The maximum atomic E-state index is 12.4. The average Bonchev–Trinajstić information content (AvgIpc) is 3.28. The van der Waals surface area contributed by atoms with Crippen LogP contribution in [0.25, 0.3) is 17.0 Å². The van der Waals surface area contributed by atoms with Crippen LogP contribution in [-0.4, -0.2) is 42.7 Å². The second-order valence-corrected chi connectivity index (χ2v) is 8.67. The molecule has 2 aromatic rings. The predicted octanol–water partition coefficient (Wildman–Crippen LogP) is 6.07. The molecule has 37 heavy (non-hydrogen) atoms. The SMILES string of the molecule is C=N/C(=C\C=C/C)CCOC1C=CC(/C=C/C(=O)CC(=O)/C=C/c2ccc3ccn(C)c3c2)=C(OC)C1. The van der Waals surface area contributed by atoms with Crippen molar-refractivity contribution in [2.45, 2.75) is 32.3 Å². The molecule has 1 aromatic heterocycles. The van der Waals surface area contributed by atoms with Gasteiger partial charge in [-0.25, -0.2) is 0 Å². The number of carbonyl (C=O) groups is 2. The van der Waals surface area contributed by atoms with Gasteiger partial charge in [0.2, 0.25) is 0 Å². The van der Waals surface area contributed by atoms with Gasteiger partial charge in [0.25, 0.3) is 0 Å². The maximum absolute atomic E-state index is 12.4. The Balaban J connectivity index is 1.50. The zero-order valence-electron chi connectivity index (χ0n) is 21.7. The first-order chi connectivity index (χ1) is 17.9. The average molecular weight is 499 g/mol. The van der Waals surface area contributed by atoms with E-state index in [1.54, 1.807) is 19.3 Å². The van der Waals surface area contributed by atoms with Gasteiger partial charge in [0.15, 0.2) is 11.6 Å². The van der Waals surface area contributed by atoms with Crippen LogP contribution in [0.4, 0.5) is 0 Å². The van der Waals surface area contributed by atoms with Crippen molar-refractivity contribution < 1.29 is 19.1 Å². The number of methoxy groups -OCH3 is 1. The normalized spacial score (nSPS) is 16.5. The summed E-state index contributed by atoms with van der Waals surface area (Å²) in [4.78, 5) is 28.7. The van der Waals surface area contributed by atoms with E-state index in [1.165, 1.54) is 12.2 Å². The Morgan fingerprint density at radius 1 is 1.19 bits per heavy atom. The lowest BCUT2D eigenvalue weighted by Crippen LogP contribution is -2.16. The molecule has 1 atom stereocenters. The highest BCUT2D eigenvalue weighted by atomic mass is 16.5. The summed E-state index contributed by atoms with van der Waals surface area (Å²) in [5, 5.41) is 1.14. The van der Waals surface area contributed by atoms with E-state index in [-0.39, 0.29) is 24.1 Å². The van der Waals surface area contributed by atoms with Crippen LogP contribution < -0.4 is 0 Å². The Kier molecular flexibility index (Phi) is 10.4. The van der Waals surface area contributed by atoms with Crippen molar-refractivity contribution in [3.8, 4) is 0 Å². The fraction of sp³-hybridized carbons (Fsp3) is 0.258. The highest BCUT2D eigenvalue weighted by Crippen LogP contribution is 2.23. The third-order valence-corrected chi connectivity index (χ3v) is 5.99. The molecule has 3 rings (SSSR count). The molecule has 0 aliphatic heterocycles. The topological polar surface area (TPSA) is 69.9 Å². The van der Waals surface area contributed by atoms with Gasteiger partial charge in [0.1, 0.15) is 5.76 Å². The molecule has 0 N–H and O–H groups in total. The quantitative estimate of drug-likeness (QED) is 0.145. The first-order valence-corrected chi connectivity index (χ1v) is 12.3. The van der Waals surface area contributed by atoms with Gasteiger partial charge < -0.3 is 14.0 Å². The van der Waals surface area contributed by atoms with Crippen LogP contribution in [0, 0.1) is 0 Å². The molecule has 1 aromatic carbocycles. The van der Waals surface area contributed by atoms with E-state index >= 15 is 0 Å². The lowest BCUT2D eigenvalue weighted by Gasteiger charge is -2.21. The summed E-state index contributed by atoms with van der Waals surface area (Å²) in [6.07, 6.45) is 18.8. The Bertz CT molecular complexity index is 1320. The van der Waals surface area contributed by atoms with Crippen LogP contribution >= 0.6 is 0 Å². The Hall–Kier alpha value is -4.03.